The quantitative estimate of drug-likeness (QED) is 0.941. The van der Waals surface area contributed by atoms with Crippen molar-refractivity contribution in [2.75, 3.05) is 11.9 Å². The van der Waals surface area contributed by atoms with Crippen LogP contribution in [0.5, 0.6) is 5.75 Å². The lowest BCUT2D eigenvalue weighted by molar-refractivity contribution is -0.118. The van der Waals surface area contributed by atoms with Crippen LogP contribution in [0.3, 0.4) is 0 Å². The van der Waals surface area contributed by atoms with E-state index in [0.29, 0.717) is 11.6 Å². The number of hydrogen-bond acceptors (Lipinski definition) is 3. The zero-order valence-corrected chi connectivity index (χ0v) is 12.0. The molecule has 0 aliphatic rings. The number of halogens is 1. The topological polar surface area (TPSA) is 51.2 Å². The van der Waals surface area contributed by atoms with Crippen LogP contribution in [0.1, 0.15) is 5.69 Å². The molecular formula is C14H13BrN2O2. The van der Waals surface area contributed by atoms with Gasteiger partial charge in [0, 0.05) is 4.47 Å². The number of aryl methyl sites for hydroxylation is 1. The average Bonchev–Trinajstić information content (AvgIpc) is 2.42. The van der Waals surface area contributed by atoms with Crippen molar-refractivity contribution in [3.05, 3.63) is 52.6 Å². The van der Waals surface area contributed by atoms with Gasteiger partial charge in [-0.1, -0.05) is 18.2 Å². The van der Waals surface area contributed by atoms with Crippen LogP contribution in [0, 0.1) is 6.92 Å². The molecule has 0 fully saturated rings. The van der Waals surface area contributed by atoms with E-state index in [2.05, 4.69) is 26.2 Å². The number of nitrogens with one attached hydrogen (secondary N) is 1. The molecule has 19 heavy (non-hydrogen) atoms. The molecule has 0 aliphatic heterocycles. The van der Waals surface area contributed by atoms with Crippen LogP contribution in [0.15, 0.2) is 46.9 Å². The molecule has 98 valence electrons. The molecule has 0 radical (unpaired) electrons. The van der Waals surface area contributed by atoms with E-state index in [-0.39, 0.29) is 12.5 Å². The molecule has 0 bridgehead atoms. The second-order valence-corrected chi connectivity index (χ2v) is 4.77. The van der Waals surface area contributed by atoms with E-state index in [9.17, 15) is 4.79 Å². The molecule has 2 aromatic rings. The fourth-order valence-corrected chi connectivity index (χ4v) is 1.68. The third-order valence-electron chi connectivity index (χ3n) is 2.40. The van der Waals surface area contributed by atoms with Crippen molar-refractivity contribution >= 4 is 27.7 Å². The smallest absolute Gasteiger partial charge is 0.263 e. The maximum absolute atomic E-state index is 11.7. The zero-order chi connectivity index (χ0) is 13.7. The number of carbonyl (C=O) groups is 1. The molecule has 1 aromatic carbocycles. The number of pyridine rings is 1. The van der Waals surface area contributed by atoms with Gasteiger partial charge < -0.3 is 10.1 Å². The van der Waals surface area contributed by atoms with E-state index < -0.39 is 0 Å². The van der Waals surface area contributed by atoms with Crippen LogP contribution in [0.25, 0.3) is 0 Å². The number of hydrogen-bond donors (Lipinski definition) is 1. The summed E-state index contributed by atoms with van der Waals surface area (Å²) in [5.41, 5.74) is 0.821. The van der Waals surface area contributed by atoms with Gasteiger partial charge >= 0.3 is 0 Å². The number of para-hydroxylation sites is 1. The molecule has 1 amide bonds. The second kappa shape index (κ2) is 6.33. The van der Waals surface area contributed by atoms with Gasteiger partial charge in [-0.25, -0.2) is 4.98 Å². The molecule has 0 unspecified atom stereocenters. The normalized spacial score (nSPS) is 10.0. The lowest BCUT2D eigenvalue weighted by atomic mass is 10.3. The van der Waals surface area contributed by atoms with Gasteiger partial charge in [0.05, 0.1) is 5.69 Å². The van der Waals surface area contributed by atoms with Crippen molar-refractivity contribution < 1.29 is 9.53 Å². The highest BCUT2D eigenvalue weighted by Gasteiger charge is 2.05. The summed E-state index contributed by atoms with van der Waals surface area (Å²) >= 11 is 3.36. The van der Waals surface area contributed by atoms with Crippen LogP contribution < -0.4 is 10.1 Å². The van der Waals surface area contributed by atoms with Gasteiger partial charge in [-0.05, 0) is 47.1 Å². The van der Waals surface area contributed by atoms with Gasteiger partial charge in [-0.15, -0.1) is 0 Å². The Morgan fingerprint density at radius 3 is 2.68 bits per heavy atom. The van der Waals surface area contributed by atoms with E-state index in [1.165, 1.54) is 0 Å². The highest BCUT2D eigenvalue weighted by molar-refractivity contribution is 9.10. The Labute approximate surface area is 119 Å². The number of aromatic nitrogens is 1. The Hall–Kier alpha value is -1.88. The third-order valence-corrected chi connectivity index (χ3v) is 3.24. The van der Waals surface area contributed by atoms with E-state index in [0.717, 1.165) is 10.2 Å². The summed E-state index contributed by atoms with van der Waals surface area (Å²) in [6.07, 6.45) is 0. The Morgan fingerprint density at radius 1 is 1.26 bits per heavy atom. The minimum absolute atomic E-state index is 0.0409. The molecule has 1 heterocycles. The molecule has 4 nitrogen and oxygen atoms in total. The standard InChI is InChI=1S/C14H13BrN2O2/c1-10-12(15)7-8-13(16-10)17-14(18)9-19-11-5-3-2-4-6-11/h2-8H,9H2,1H3,(H,16,17,18). The van der Waals surface area contributed by atoms with Crippen LogP contribution in [0.4, 0.5) is 5.82 Å². The SMILES string of the molecule is Cc1nc(NC(=O)COc2ccccc2)ccc1Br. The van der Waals surface area contributed by atoms with Gasteiger partial charge in [0.25, 0.3) is 5.91 Å². The molecule has 2 rings (SSSR count). The summed E-state index contributed by atoms with van der Waals surface area (Å²) in [5.74, 6) is 0.943. The molecule has 1 aromatic heterocycles. The lowest BCUT2D eigenvalue weighted by Crippen LogP contribution is -2.20. The number of ether oxygens (including phenoxy) is 1. The molecular weight excluding hydrogens is 308 g/mol. The number of amides is 1. The Morgan fingerprint density at radius 2 is 2.00 bits per heavy atom. The van der Waals surface area contributed by atoms with E-state index in [4.69, 9.17) is 4.74 Å². The van der Waals surface area contributed by atoms with Crippen molar-refractivity contribution in [1.82, 2.24) is 4.98 Å². The first-order valence-electron chi connectivity index (χ1n) is 5.76. The van der Waals surface area contributed by atoms with Crippen LogP contribution in [-0.4, -0.2) is 17.5 Å². The van der Waals surface area contributed by atoms with Crippen LogP contribution >= 0.6 is 15.9 Å². The van der Waals surface area contributed by atoms with Crippen LogP contribution in [-0.2, 0) is 4.79 Å². The first-order valence-corrected chi connectivity index (χ1v) is 6.55. The predicted molar refractivity (Wildman–Crippen MR) is 77.2 cm³/mol. The highest BCUT2D eigenvalue weighted by Crippen LogP contribution is 2.16. The fraction of sp³-hybridized carbons (Fsp3) is 0.143. The Bertz CT molecular complexity index is 573. The summed E-state index contributed by atoms with van der Waals surface area (Å²) in [4.78, 5) is 15.9. The molecule has 0 atom stereocenters. The van der Waals surface area contributed by atoms with Crippen molar-refractivity contribution in [1.29, 1.82) is 0 Å². The van der Waals surface area contributed by atoms with Gasteiger partial charge in [-0.3, -0.25) is 4.79 Å². The Balaban J connectivity index is 1.89. The van der Waals surface area contributed by atoms with Crippen molar-refractivity contribution in [2.45, 2.75) is 6.92 Å². The van der Waals surface area contributed by atoms with E-state index in [1.54, 1.807) is 18.2 Å². The summed E-state index contributed by atoms with van der Waals surface area (Å²) in [5, 5.41) is 2.68. The first kappa shape index (κ1) is 13.5. The number of benzene rings is 1. The summed E-state index contributed by atoms with van der Waals surface area (Å²) in [6, 6.07) is 12.8. The largest absolute Gasteiger partial charge is 0.484 e. The molecule has 1 N–H and O–H groups in total. The van der Waals surface area contributed by atoms with Gasteiger partial charge in [0.15, 0.2) is 6.61 Å². The predicted octanol–water partition coefficient (Wildman–Crippen LogP) is 3.17. The maximum Gasteiger partial charge on any atom is 0.263 e. The second-order valence-electron chi connectivity index (χ2n) is 3.91. The number of anilines is 1. The third kappa shape index (κ3) is 4.06. The highest BCUT2D eigenvalue weighted by atomic mass is 79.9. The van der Waals surface area contributed by atoms with Crippen molar-refractivity contribution in [3.8, 4) is 5.75 Å². The number of rotatable bonds is 4. The van der Waals surface area contributed by atoms with E-state index in [1.807, 2.05) is 31.2 Å². The van der Waals surface area contributed by atoms with Crippen molar-refractivity contribution in [3.63, 3.8) is 0 Å². The summed E-state index contributed by atoms with van der Waals surface area (Å²) in [7, 11) is 0. The molecule has 0 saturated carbocycles. The number of nitrogens with zero attached hydrogens (tertiary/aromatic N) is 1. The lowest BCUT2D eigenvalue weighted by Gasteiger charge is -2.07. The Kier molecular flexibility index (Phi) is 4.52. The molecule has 0 spiro atoms. The summed E-state index contributed by atoms with van der Waals surface area (Å²) < 4.78 is 6.25. The first-order chi connectivity index (χ1) is 9.15. The monoisotopic (exact) mass is 320 g/mol. The fourth-order valence-electron chi connectivity index (χ4n) is 1.46. The molecule has 5 heteroatoms. The van der Waals surface area contributed by atoms with Crippen LogP contribution in [0.2, 0.25) is 0 Å². The van der Waals surface area contributed by atoms with Crippen molar-refractivity contribution in [2.24, 2.45) is 0 Å². The van der Waals surface area contributed by atoms with Gasteiger partial charge in [0.1, 0.15) is 11.6 Å². The molecule has 0 aliphatic carbocycles. The number of carbonyl (C=O) groups excluding carboxylic acids is 1. The maximum atomic E-state index is 11.7. The average molecular weight is 321 g/mol. The minimum Gasteiger partial charge on any atom is -0.484 e. The van der Waals surface area contributed by atoms with E-state index >= 15 is 0 Å². The zero-order valence-electron chi connectivity index (χ0n) is 10.4. The minimum atomic E-state index is -0.238. The van der Waals surface area contributed by atoms with Gasteiger partial charge in [-0.2, -0.15) is 0 Å². The summed E-state index contributed by atoms with van der Waals surface area (Å²) in [6.45, 7) is 1.82. The van der Waals surface area contributed by atoms with Gasteiger partial charge in [0.2, 0.25) is 0 Å². The molecule has 0 saturated heterocycles.